The molecule has 1 spiro atoms. The molecule has 0 bridgehead atoms. The second-order valence-corrected chi connectivity index (χ2v) is 7.63. The molecule has 0 radical (unpaired) electrons. The van der Waals surface area contributed by atoms with Gasteiger partial charge in [0.05, 0.1) is 17.3 Å². The van der Waals surface area contributed by atoms with Crippen molar-refractivity contribution in [1.82, 2.24) is 29.8 Å². The Labute approximate surface area is 156 Å². The zero-order valence-corrected chi connectivity index (χ0v) is 15.2. The van der Waals surface area contributed by atoms with Crippen LogP contribution < -0.4 is 4.90 Å². The van der Waals surface area contributed by atoms with Gasteiger partial charge in [-0.2, -0.15) is 0 Å². The fourth-order valence-electron chi connectivity index (χ4n) is 3.95. The minimum atomic E-state index is -0.0335. The summed E-state index contributed by atoms with van der Waals surface area (Å²) in [5.74, 6) is 0.908. The van der Waals surface area contributed by atoms with Gasteiger partial charge in [-0.15, -0.1) is 0 Å². The highest BCUT2D eigenvalue weighted by Gasteiger charge is 2.48. The van der Waals surface area contributed by atoms with Gasteiger partial charge in [-0.1, -0.05) is 0 Å². The summed E-state index contributed by atoms with van der Waals surface area (Å²) in [5.41, 5.74) is 2.18. The summed E-state index contributed by atoms with van der Waals surface area (Å²) in [4.78, 5) is 37.7. The molecule has 0 aromatic carbocycles. The van der Waals surface area contributed by atoms with E-state index >= 15 is 0 Å². The Morgan fingerprint density at radius 1 is 1.19 bits per heavy atom. The second-order valence-electron chi connectivity index (χ2n) is 7.63. The smallest absolute Gasteiger partial charge is 0.274 e. The van der Waals surface area contributed by atoms with E-state index in [0.717, 1.165) is 55.0 Å². The number of hydrogen-bond donors (Lipinski definition) is 1. The van der Waals surface area contributed by atoms with E-state index in [1.165, 1.54) is 0 Å². The van der Waals surface area contributed by atoms with Crippen LogP contribution in [0.15, 0.2) is 31.0 Å². The van der Waals surface area contributed by atoms with Crippen molar-refractivity contribution in [2.24, 2.45) is 5.41 Å². The Kier molecular flexibility index (Phi) is 3.60. The van der Waals surface area contributed by atoms with Crippen LogP contribution in [0.1, 0.15) is 29.0 Å². The molecular weight excluding hydrogens is 342 g/mol. The van der Waals surface area contributed by atoms with E-state index in [1.807, 2.05) is 24.1 Å². The van der Waals surface area contributed by atoms with Gasteiger partial charge in [0.2, 0.25) is 0 Å². The largest absolute Gasteiger partial charge is 0.354 e. The maximum absolute atomic E-state index is 13.0. The number of carbonyl (C=O) groups excluding carboxylic acids is 1. The number of hydrogen-bond acceptors (Lipinski definition) is 6. The molecule has 1 aliphatic carbocycles. The Morgan fingerprint density at radius 3 is 2.89 bits per heavy atom. The standard InChI is InChI=1S/C19H21N7O/c1-13-8-20-9-15(24-13)18(27)26-7-6-25(10-19(11-26)3-4-19)17-14-2-5-21-16(14)22-12-23-17/h2,5,8-9,12H,3-4,6-7,10-11H2,1H3,(H,21,22,23). The van der Waals surface area contributed by atoms with E-state index in [-0.39, 0.29) is 11.3 Å². The van der Waals surface area contributed by atoms with Crippen molar-refractivity contribution in [3.05, 3.63) is 42.4 Å². The quantitative estimate of drug-likeness (QED) is 0.747. The van der Waals surface area contributed by atoms with Crippen molar-refractivity contribution >= 4 is 22.8 Å². The Balaban J connectivity index is 1.44. The summed E-state index contributed by atoms with van der Waals surface area (Å²) in [6.45, 7) is 4.91. The van der Waals surface area contributed by atoms with E-state index in [2.05, 4.69) is 29.8 Å². The van der Waals surface area contributed by atoms with Gasteiger partial charge in [0, 0.05) is 44.0 Å². The number of aromatic amines is 1. The molecule has 27 heavy (non-hydrogen) atoms. The highest BCUT2D eigenvalue weighted by Crippen LogP contribution is 2.48. The van der Waals surface area contributed by atoms with Crippen molar-refractivity contribution in [2.45, 2.75) is 19.8 Å². The third-order valence-corrected chi connectivity index (χ3v) is 5.54. The first-order chi connectivity index (χ1) is 13.1. The van der Waals surface area contributed by atoms with Crippen LogP contribution in [-0.2, 0) is 0 Å². The summed E-state index contributed by atoms with van der Waals surface area (Å²) in [5, 5.41) is 1.03. The molecule has 1 saturated carbocycles. The molecule has 8 heteroatoms. The molecule has 0 unspecified atom stereocenters. The van der Waals surface area contributed by atoms with Gasteiger partial charge in [0.25, 0.3) is 5.91 Å². The predicted molar refractivity (Wildman–Crippen MR) is 100 cm³/mol. The number of carbonyl (C=O) groups is 1. The van der Waals surface area contributed by atoms with Crippen LogP contribution in [0.2, 0.25) is 0 Å². The molecule has 1 amide bonds. The molecule has 3 aromatic rings. The van der Waals surface area contributed by atoms with Crippen LogP contribution >= 0.6 is 0 Å². The maximum Gasteiger partial charge on any atom is 0.274 e. The van der Waals surface area contributed by atoms with Crippen LogP contribution in [-0.4, -0.2) is 61.9 Å². The third-order valence-electron chi connectivity index (χ3n) is 5.54. The summed E-state index contributed by atoms with van der Waals surface area (Å²) < 4.78 is 0. The molecule has 8 nitrogen and oxygen atoms in total. The predicted octanol–water partition coefficient (Wildman–Crippen LogP) is 1.80. The lowest BCUT2D eigenvalue weighted by atomic mass is 10.1. The fourth-order valence-corrected chi connectivity index (χ4v) is 3.95. The molecule has 2 fully saturated rings. The Bertz CT molecular complexity index is 1010. The van der Waals surface area contributed by atoms with Crippen LogP contribution in [0.5, 0.6) is 0 Å². The number of amides is 1. The van der Waals surface area contributed by atoms with Crippen molar-refractivity contribution in [1.29, 1.82) is 0 Å². The first-order valence-electron chi connectivity index (χ1n) is 9.25. The molecule has 1 aliphatic heterocycles. The van der Waals surface area contributed by atoms with Crippen molar-refractivity contribution in [3.8, 4) is 0 Å². The number of nitrogens with zero attached hydrogens (tertiary/aromatic N) is 6. The van der Waals surface area contributed by atoms with Crippen molar-refractivity contribution in [3.63, 3.8) is 0 Å². The first kappa shape index (κ1) is 16.2. The zero-order valence-electron chi connectivity index (χ0n) is 15.2. The first-order valence-corrected chi connectivity index (χ1v) is 9.25. The van der Waals surface area contributed by atoms with Gasteiger partial charge in [0.1, 0.15) is 23.5 Å². The molecule has 5 rings (SSSR count). The monoisotopic (exact) mass is 363 g/mol. The van der Waals surface area contributed by atoms with Gasteiger partial charge in [0.15, 0.2) is 0 Å². The SMILES string of the molecule is Cc1cncc(C(=O)N2CCN(c3ncnc4[nH]ccc34)CC3(CC3)C2)n1. The van der Waals surface area contributed by atoms with Gasteiger partial charge in [-0.3, -0.25) is 9.78 Å². The van der Waals surface area contributed by atoms with Crippen molar-refractivity contribution < 1.29 is 4.79 Å². The van der Waals surface area contributed by atoms with Crippen LogP contribution in [0.4, 0.5) is 5.82 Å². The zero-order chi connectivity index (χ0) is 18.4. The molecule has 138 valence electrons. The van der Waals surface area contributed by atoms with Crippen LogP contribution in [0.3, 0.4) is 0 Å². The Hall–Kier alpha value is -3.03. The van der Waals surface area contributed by atoms with E-state index in [9.17, 15) is 4.79 Å². The van der Waals surface area contributed by atoms with Gasteiger partial charge >= 0.3 is 0 Å². The average Bonchev–Trinajstić information content (AvgIpc) is 3.32. The Morgan fingerprint density at radius 2 is 2.07 bits per heavy atom. The highest BCUT2D eigenvalue weighted by atomic mass is 16.2. The lowest BCUT2D eigenvalue weighted by Gasteiger charge is -2.25. The van der Waals surface area contributed by atoms with E-state index < -0.39 is 0 Å². The van der Waals surface area contributed by atoms with E-state index in [1.54, 1.807) is 18.7 Å². The number of H-pyrrole nitrogens is 1. The normalized spacial score (nSPS) is 18.7. The number of anilines is 1. The maximum atomic E-state index is 13.0. The average molecular weight is 363 g/mol. The third kappa shape index (κ3) is 2.90. The lowest BCUT2D eigenvalue weighted by Crippen LogP contribution is -2.37. The minimum Gasteiger partial charge on any atom is -0.354 e. The van der Waals surface area contributed by atoms with Gasteiger partial charge in [-0.05, 0) is 25.8 Å². The van der Waals surface area contributed by atoms with E-state index in [0.29, 0.717) is 12.2 Å². The second kappa shape index (κ2) is 6.00. The summed E-state index contributed by atoms with van der Waals surface area (Å²) in [6, 6.07) is 2.01. The number of nitrogens with one attached hydrogen (secondary N) is 1. The molecular formula is C19H21N7O. The molecule has 4 heterocycles. The molecule has 0 atom stereocenters. The summed E-state index contributed by atoms with van der Waals surface area (Å²) in [6.07, 6.45) is 8.98. The molecule has 1 saturated heterocycles. The van der Waals surface area contributed by atoms with Crippen LogP contribution in [0, 0.1) is 12.3 Å². The number of aryl methyl sites for hydroxylation is 1. The minimum absolute atomic E-state index is 0.0335. The van der Waals surface area contributed by atoms with Gasteiger partial charge in [-0.25, -0.2) is 15.0 Å². The van der Waals surface area contributed by atoms with E-state index in [4.69, 9.17) is 0 Å². The molecule has 1 N–H and O–H groups in total. The fraction of sp³-hybridized carbons (Fsp3) is 0.421. The number of aromatic nitrogens is 5. The topological polar surface area (TPSA) is 90.9 Å². The lowest BCUT2D eigenvalue weighted by molar-refractivity contribution is 0.0734. The molecule has 2 aliphatic rings. The summed E-state index contributed by atoms with van der Waals surface area (Å²) >= 11 is 0. The summed E-state index contributed by atoms with van der Waals surface area (Å²) in [7, 11) is 0. The number of fused-ring (bicyclic) bond motifs is 1. The molecule has 3 aromatic heterocycles. The van der Waals surface area contributed by atoms with Crippen LogP contribution in [0.25, 0.3) is 11.0 Å². The van der Waals surface area contributed by atoms with Crippen molar-refractivity contribution in [2.75, 3.05) is 31.1 Å². The number of rotatable bonds is 2. The van der Waals surface area contributed by atoms with Gasteiger partial charge < -0.3 is 14.8 Å². The highest BCUT2D eigenvalue weighted by molar-refractivity contribution is 5.92.